The summed E-state index contributed by atoms with van der Waals surface area (Å²) < 4.78 is 5.64. The Bertz CT molecular complexity index is 551. The largest absolute Gasteiger partial charge is 0.491 e. The van der Waals surface area contributed by atoms with Gasteiger partial charge in [-0.3, -0.25) is 9.69 Å². The van der Waals surface area contributed by atoms with Crippen molar-refractivity contribution < 1.29 is 14.6 Å². The first-order chi connectivity index (χ1) is 11.6. The maximum absolute atomic E-state index is 11.4. The molecular formula is C19H28N2O3. The number of ether oxygens (including phenoxy) is 1. The van der Waals surface area contributed by atoms with Gasteiger partial charge < -0.3 is 14.7 Å². The number of benzene rings is 1. The summed E-state index contributed by atoms with van der Waals surface area (Å²) in [5.41, 5.74) is 0.633. The molecule has 5 heteroatoms. The van der Waals surface area contributed by atoms with Gasteiger partial charge >= 0.3 is 0 Å². The summed E-state index contributed by atoms with van der Waals surface area (Å²) in [7, 11) is 0. The van der Waals surface area contributed by atoms with Crippen LogP contribution in [0.5, 0.6) is 5.75 Å². The molecule has 1 saturated carbocycles. The number of aliphatic hydroxyl groups excluding tert-OH is 1. The minimum atomic E-state index is -0.513. The van der Waals surface area contributed by atoms with E-state index < -0.39 is 6.10 Å². The lowest BCUT2D eigenvalue weighted by atomic mass is 10.1. The molecule has 2 fully saturated rings. The van der Waals surface area contributed by atoms with Gasteiger partial charge in [0.1, 0.15) is 18.5 Å². The molecule has 1 aromatic rings. The normalized spacial score (nSPS) is 20.8. The van der Waals surface area contributed by atoms with E-state index in [0.717, 1.165) is 32.1 Å². The van der Waals surface area contributed by atoms with E-state index in [4.69, 9.17) is 4.74 Å². The van der Waals surface area contributed by atoms with E-state index in [0.29, 0.717) is 17.9 Å². The Morgan fingerprint density at radius 2 is 1.96 bits per heavy atom. The highest BCUT2D eigenvalue weighted by molar-refractivity contribution is 5.94. The van der Waals surface area contributed by atoms with Crippen LogP contribution in [0, 0.1) is 5.92 Å². The maximum atomic E-state index is 11.4. The first kappa shape index (κ1) is 17.4. The fraction of sp³-hybridized carbons (Fsp3) is 0.632. The topological polar surface area (TPSA) is 53.0 Å². The van der Waals surface area contributed by atoms with Crippen molar-refractivity contribution in [3.8, 4) is 5.75 Å². The summed E-state index contributed by atoms with van der Waals surface area (Å²) in [6, 6.07) is 7.12. The lowest BCUT2D eigenvalue weighted by Crippen LogP contribution is -2.49. The molecule has 1 N–H and O–H groups in total. The predicted octanol–water partition coefficient (Wildman–Crippen LogP) is 1.66. The molecule has 0 radical (unpaired) electrons. The van der Waals surface area contributed by atoms with E-state index in [-0.39, 0.29) is 12.4 Å². The van der Waals surface area contributed by atoms with Gasteiger partial charge in [0.15, 0.2) is 5.78 Å². The number of Topliss-reactive ketones (excluding diaryl/α,β-unsaturated/α-hetero) is 1. The quantitative estimate of drug-likeness (QED) is 0.734. The van der Waals surface area contributed by atoms with Crippen molar-refractivity contribution in [1.82, 2.24) is 9.80 Å². The molecule has 1 heterocycles. The van der Waals surface area contributed by atoms with Crippen LogP contribution in [0.3, 0.4) is 0 Å². The summed E-state index contributed by atoms with van der Waals surface area (Å²) in [5, 5.41) is 10.2. The zero-order valence-corrected chi connectivity index (χ0v) is 14.5. The van der Waals surface area contributed by atoms with Crippen molar-refractivity contribution in [2.45, 2.75) is 25.9 Å². The molecule has 132 valence electrons. The number of hydrogen-bond acceptors (Lipinski definition) is 5. The van der Waals surface area contributed by atoms with Crippen molar-refractivity contribution >= 4 is 5.78 Å². The summed E-state index contributed by atoms with van der Waals surface area (Å²) in [6.45, 7) is 7.93. The third-order valence-electron chi connectivity index (χ3n) is 4.83. The fourth-order valence-corrected chi connectivity index (χ4v) is 3.17. The second-order valence-electron chi connectivity index (χ2n) is 7.09. The SMILES string of the molecule is CC(=O)c1cccc(OCC(O)CN2CCN(CC3CC3)CC2)c1. The Balaban J connectivity index is 1.37. The minimum absolute atomic E-state index is 0.0186. The molecule has 24 heavy (non-hydrogen) atoms. The summed E-state index contributed by atoms with van der Waals surface area (Å²) in [6.07, 6.45) is 2.29. The van der Waals surface area contributed by atoms with E-state index >= 15 is 0 Å². The molecule has 0 spiro atoms. The number of β-amino-alcohol motifs (C(OH)–C–C–N with tert-alkyl or cyclic N) is 1. The Hall–Kier alpha value is -1.43. The summed E-state index contributed by atoms with van der Waals surface area (Å²) >= 11 is 0. The predicted molar refractivity (Wildman–Crippen MR) is 93.6 cm³/mol. The summed E-state index contributed by atoms with van der Waals surface area (Å²) in [4.78, 5) is 16.2. The number of carbonyl (C=O) groups excluding carboxylic acids is 1. The molecular weight excluding hydrogens is 304 g/mol. The highest BCUT2D eigenvalue weighted by Crippen LogP contribution is 2.29. The van der Waals surface area contributed by atoms with Crippen molar-refractivity contribution in [3.05, 3.63) is 29.8 Å². The van der Waals surface area contributed by atoms with Crippen molar-refractivity contribution in [2.24, 2.45) is 5.92 Å². The fourth-order valence-electron chi connectivity index (χ4n) is 3.17. The zero-order chi connectivity index (χ0) is 16.9. The molecule has 0 bridgehead atoms. The van der Waals surface area contributed by atoms with Crippen LogP contribution in [0.25, 0.3) is 0 Å². The van der Waals surface area contributed by atoms with Gasteiger partial charge in [0.2, 0.25) is 0 Å². The molecule has 0 amide bonds. The van der Waals surface area contributed by atoms with Crippen LogP contribution in [0.15, 0.2) is 24.3 Å². The summed E-state index contributed by atoms with van der Waals surface area (Å²) in [5.74, 6) is 1.60. The lowest BCUT2D eigenvalue weighted by Gasteiger charge is -2.35. The number of piperazine rings is 1. The molecule has 1 saturated heterocycles. The van der Waals surface area contributed by atoms with Gasteiger partial charge in [0, 0.05) is 44.8 Å². The average molecular weight is 332 g/mol. The molecule has 1 aromatic carbocycles. The number of carbonyl (C=O) groups is 1. The molecule has 5 nitrogen and oxygen atoms in total. The van der Waals surface area contributed by atoms with Crippen LogP contribution in [0.4, 0.5) is 0 Å². The van der Waals surface area contributed by atoms with Crippen LogP contribution in [0.1, 0.15) is 30.1 Å². The van der Waals surface area contributed by atoms with E-state index in [1.807, 2.05) is 6.07 Å². The molecule has 1 aliphatic heterocycles. The number of ketones is 1. The van der Waals surface area contributed by atoms with Crippen LogP contribution in [-0.2, 0) is 0 Å². The van der Waals surface area contributed by atoms with Crippen LogP contribution in [-0.4, -0.2) is 72.7 Å². The van der Waals surface area contributed by atoms with Crippen molar-refractivity contribution in [3.63, 3.8) is 0 Å². The Kier molecular flexibility index (Phi) is 5.87. The van der Waals surface area contributed by atoms with E-state index in [1.165, 1.54) is 26.3 Å². The van der Waals surface area contributed by atoms with E-state index in [9.17, 15) is 9.90 Å². The highest BCUT2D eigenvalue weighted by atomic mass is 16.5. The first-order valence-corrected chi connectivity index (χ1v) is 8.97. The van der Waals surface area contributed by atoms with Gasteiger partial charge in [-0.2, -0.15) is 0 Å². The minimum Gasteiger partial charge on any atom is -0.491 e. The lowest BCUT2D eigenvalue weighted by molar-refractivity contribution is 0.0452. The first-order valence-electron chi connectivity index (χ1n) is 8.97. The van der Waals surface area contributed by atoms with E-state index in [2.05, 4.69) is 9.80 Å². The van der Waals surface area contributed by atoms with Gasteiger partial charge in [0.25, 0.3) is 0 Å². The Morgan fingerprint density at radius 3 is 2.62 bits per heavy atom. The van der Waals surface area contributed by atoms with Gasteiger partial charge in [-0.1, -0.05) is 12.1 Å². The third kappa shape index (κ3) is 5.30. The molecule has 2 aliphatic rings. The van der Waals surface area contributed by atoms with E-state index in [1.54, 1.807) is 18.2 Å². The number of rotatable bonds is 8. The standard InChI is InChI=1S/C19H28N2O3/c1-15(22)17-3-2-4-19(11-17)24-14-18(23)13-21-9-7-20(8-10-21)12-16-5-6-16/h2-4,11,16,18,23H,5-10,12-14H2,1H3. The van der Waals surface area contributed by atoms with Crippen molar-refractivity contribution in [1.29, 1.82) is 0 Å². The molecule has 1 aliphatic carbocycles. The molecule has 0 aromatic heterocycles. The Labute approximate surface area is 144 Å². The average Bonchev–Trinajstić information content (AvgIpc) is 3.39. The van der Waals surface area contributed by atoms with Gasteiger partial charge in [-0.25, -0.2) is 0 Å². The number of nitrogens with zero attached hydrogens (tertiary/aromatic N) is 2. The maximum Gasteiger partial charge on any atom is 0.159 e. The molecule has 1 unspecified atom stereocenters. The number of hydrogen-bond donors (Lipinski definition) is 1. The second-order valence-corrected chi connectivity index (χ2v) is 7.09. The molecule has 3 rings (SSSR count). The van der Waals surface area contributed by atoms with Gasteiger partial charge in [-0.15, -0.1) is 0 Å². The van der Waals surface area contributed by atoms with Crippen LogP contribution in [0.2, 0.25) is 0 Å². The smallest absolute Gasteiger partial charge is 0.159 e. The highest BCUT2D eigenvalue weighted by Gasteiger charge is 2.26. The monoisotopic (exact) mass is 332 g/mol. The molecule has 1 atom stereocenters. The van der Waals surface area contributed by atoms with Gasteiger partial charge in [-0.05, 0) is 37.8 Å². The van der Waals surface area contributed by atoms with Gasteiger partial charge in [0.05, 0.1) is 0 Å². The third-order valence-corrected chi connectivity index (χ3v) is 4.83. The number of aliphatic hydroxyl groups is 1. The van der Waals surface area contributed by atoms with Crippen LogP contribution >= 0.6 is 0 Å². The van der Waals surface area contributed by atoms with Crippen molar-refractivity contribution in [2.75, 3.05) is 45.9 Å². The zero-order valence-electron chi connectivity index (χ0n) is 14.5. The second kappa shape index (κ2) is 8.10. The van der Waals surface area contributed by atoms with Crippen LogP contribution < -0.4 is 4.74 Å². The Morgan fingerprint density at radius 1 is 1.25 bits per heavy atom.